The summed E-state index contributed by atoms with van der Waals surface area (Å²) >= 11 is 11.8. The zero-order chi connectivity index (χ0) is 20.4. The number of nitrogens with one attached hydrogen (secondary N) is 1. The first kappa shape index (κ1) is 27.0. The zero-order valence-corrected chi connectivity index (χ0v) is 19.7. The van der Waals surface area contributed by atoms with Gasteiger partial charge in [-0.1, -0.05) is 59.3 Å². The van der Waals surface area contributed by atoms with E-state index in [-0.39, 0.29) is 11.8 Å². The third-order valence-electron chi connectivity index (χ3n) is 5.47. The van der Waals surface area contributed by atoms with Gasteiger partial charge in [0.15, 0.2) is 6.67 Å². The number of halogens is 2. The van der Waals surface area contributed by atoms with Crippen LogP contribution >= 0.6 is 23.2 Å². The van der Waals surface area contributed by atoms with Gasteiger partial charge in [-0.05, 0) is 38.5 Å². The van der Waals surface area contributed by atoms with Gasteiger partial charge in [0.25, 0.3) is 0 Å². The smallest absolute Gasteiger partial charge is 0.243 e. The maximum Gasteiger partial charge on any atom is 0.243 e. The molecule has 1 unspecified atom stereocenters. The lowest BCUT2D eigenvalue weighted by atomic mass is 10.1. The maximum atomic E-state index is 12.2. The lowest BCUT2D eigenvalue weighted by Gasteiger charge is -2.39. The van der Waals surface area contributed by atoms with Gasteiger partial charge < -0.3 is 9.80 Å². The molecule has 1 atom stereocenters. The Morgan fingerprint density at radius 1 is 0.778 bits per heavy atom. The largest absolute Gasteiger partial charge is 0.308 e. The van der Waals surface area contributed by atoms with E-state index < -0.39 is 5.38 Å². The van der Waals surface area contributed by atoms with E-state index in [9.17, 15) is 4.79 Å². The van der Waals surface area contributed by atoms with Crippen molar-refractivity contribution < 1.29 is 9.28 Å². The number of alkyl halides is 2. The molecule has 0 aliphatic rings. The average Bonchev–Trinajstić information content (AvgIpc) is 2.69. The molecule has 0 fully saturated rings. The van der Waals surface area contributed by atoms with Crippen LogP contribution in [0, 0.1) is 0 Å². The third-order valence-corrected chi connectivity index (χ3v) is 6.29. The predicted molar refractivity (Wildman–Crippen MR) is 121 cm³/mol. The number of unbranched alkanes of at least 4 members (excludes halogenated alkanes) is 9. The minimum Gasteiger partial charge on any atom is -0.308 e. The summed E-state index contributed by atoms with van der Waals surface area (Å²) < 4.78 is 1.01. The summed E-state index contributed by atoms with van der Waals surface area (Å²) in [7, 11) is 0. The van der Waals surface area contributed by atoms with E-state index in [1.54, 1.807) is 0 Å². The van der Waals surface area contributed by atoms with Crippen molar-refractivity contribution in [2.45, 2.75) is 103 Å². The molecule has 0 saturated carbocycles. The lowest BCUT2D eigenvalue weighted by Crippen LogP contribution is -2.56. The fourth-order valence-corrected chi connectivity index (χ4v) is 3.84. The van der Waals surface area contributed by atoms with Gasteiger partial charge in [0.1, 0.15) is 5.38 Å². The topological polar surface area (TPSA) is 29.1 Å². The second-order valence-electron chi connectivity index (χ2n) is 8.02. The minimum atomic E-state index is -0.631. The van der Waals surface area contributed by atoms with Crippen molar-refractivity contribution in [2.75, 3.05) is 32.2 Å². The second kappa shape index (κ2) is 18.1. The molecule has 0 saturated heterocycles. The average molecular weight is 425 g/mol. The number of carbonyl (C=O) groups is 1. The molecule has 0 radical (unpaired) electrons. The fraction of sp³-hybridized carbons (Fsp3) is 0.955. The van der Waals surface area contributed by atoms with Crippen molar-refractivity contribution in [1.29, 1.82) is 0 Å². The van der Waals surface area contributed by atoms with E-state index in [4.69, 9.17) is 23.2 Å². The van der Waals surface area contributed by atoms with Crippen molar-refractivity contribution in [3.8, 4) is 0 Å². The van der Waals surface area contributed by atoms with Crippen LogP contribution in [-0.4, -0.2) is 48.0 Å². The molecule has 0 spiro atoms. The van der Waals surface area contributed by atoms with Crippen LogP contribution in [0.5, 0.6) is 0 Å². The van der Waals surface area contributed by atoms with Crippen LogP contribution in [0.25, 0.3) is 0 Å². The molecule has 27 heavy (non-hydrogen) atoms. The van der Waals surface area contributed by atoms with Gasteiger partial charge >= 0.3 is 0 Å². The summed E-state index contributed by atoms with van der Waals surface area (Å²) in [6.07, 6.45) is 15.3. The Morgan fingerprint density at radius 2 is 1.19 bits per heavy atom. The Hall–Kier alpha value is 0.01000. The van der Waals surface area contributed by atoms with E-state index >= 15 is 0 Å². The molecule has 5 heteroatoms. The molecule has 0 aromatic carbocycles. The molecular formula is C22H45Cl2N2O+. The van der Waals surface area contributed by atoms with Gasteiger partial charge in [0, 0.05) is 5.88 Å². The fourth-order valence-electron chi connectivity index (χ4n) is 3.62. The number of nitrogens with zero attached hydrogens (tertiary/aromatic N) is 1. The molecule has 0 aromatic rings. The Kier molecular flexibility index (Phi) is 18.1. The van der Waals surface area contributed by atoms with Gasteiger partial charge in [-0.2, -0.15) is 0 Å². The highest BCUT2D eigenvalue weighted by Crippen LogP contribution is 2.17. The van der Waals surface area contributed by atoms with Gasteiger partial charge in [0.2, 0.25) is 5.91 Å². The van der Waals surface area contributed by atoms with Crippen molar-refractivity contribution >= 4 is 29.1 Å². The lowest BCUT2D eigenvalue weighted by molar-refractivity contribution is -0.930. The highest BCUT2D eigenvalue weighted by atomic mass is 35.5. The van der Waals surface area contributed by atoms with E-state index in [1.165, 1.54) is 77.0 Å². The van der Waals surface area contributed by atoms with Gasteiger partial charge in [0.05, 0.1) is 19.6 Å². The van der Waals surface area contributed by atoms with E-state index in [1.807, 2.05) is 0 Å². The van der Waals surface area contributed by atoms with Crippen LogP contribution < -0.4 is 5.32 Å². The summed E-state index contributed by atoms with van der Waals surface area (Å²) in [6.45, 7) is 10.9. The van der Waals surface area contributed by atoms with E-state index in [0.29, 0.717) is 6.67 Å². The summed E-state index contributed by atoms with van der Waals surface area (Å²) in [5.74, 6) is 0.0431. The molecule has 0 aliphatic heterocycles. The Morgan fingerprint density at radius 3 is 1.52 bits per heavy atom. The van der Waals surface area contributed by atoms with E-state index in [2.05, 4.69) is 26.1 Å². The standard InChI is InChI=1S/C22H44Cl2N2O/c1-4-7-10-13-16-26(17-14-11-8-5-2,18-15-12-9-6-3)20-25-22(27)21(24)19-23/h21H,4-20H2,1-3H3/p+1. The Labute approximate surface area is 179 Å². The van der Waals surface area contributed by atoms with Crippen molar-refractivity contribution in [1.82, 2.24) is 5.32 Å². The summed E-state index contributed by atoms with van der Waals surface area (Å²) in [5.41, 5.74) is 0. The van der Waals surface area contributed by atoms with Crippen LogP contribution in [0.2, 0.25) is 0 Å². The van der Waals surface area contributed by atoms with Crippen LogP contribution in [0.3, 0.4) is 0 Å². The summed E-state index contributed by atoms with van der Waals surface area (Å²) in [6, 6.07) is 0. The molecule has 0 heterocycles. The summed E-state index contributed by atoms with van der Waals surface area (Å²) in [4.78, 5) is 12.2. The van der Waals surface area contributed by atoms with Crippen LogP contribution in [0.4, 0.5) is 0 Å². The molecule has 3 nitrogen and oxygen atoms in total. The molecule has 0 aromatic heterocycles. The minimum absolute atomic E-state index is 0.121. The van der Waals surface area contributed by atoms with Crippen molar-refractivity contribution in [2.24, 2.45) is 0 Å². The number of carbonyl (C=O) groups excluding carboxylic acids is 1. The molecule has 0 bridgehead atoms. The Balaban J connectivity index is 4.93. The SMILES string of the molecule is CCCCCC[N+](CCCCCC)(CCCCCC)CNC(=O)C(Cl)CCl. The molecule has 1 amide bonds. The first-order chi connectivity index (χ1) is 13.0. The van der Waals surface area contributed by atoms with Crippen molar-refractivity contribution in [3.63, 3.8) is 0 Å². The normalized spacial score (nSPS) is 12.9. The molecular weight excluding hydrogens is 379 g/mol. The number of hydrogen-bond donors (Lipinski definition) is 1. The second-order valence-corrected chi connectivity index (χ2v) is 8.85. The molecule has 162 valence electrons. The Bertz CT molecular complexity index is 322. The predicted octanol–water partition coefficient (Wildman–Crippen LogP) is 6.46. The number of hydrogen-bond acceptors (Lipinski definition) is 1. The van der Waals surface area contributed by atoms with Crippen LogP contribution in [0.1, 0.15) is 97.8 Å². The zero-order valence-electron chi connectivity index (χ0n) is 18.2. The molecule has 0 rings (SSSR count). The highest BCUT2D eigenvalue weighted by molar-refractivity contribution is 6.36. The quantitative estimate of drug-likeness (QED) is 0.110. The van der Waals surface area contributed by atoms with Crippen LogP contribution in [-0.2, 0) is 4.79 Å². The number of quaternary nitrogens is 1. The van der Waals surface area contributed by atoms with Crippen LogP contribution in [0.15, 0.2) is 0 Å². The van der Waals surface area contributed by atoms with Crippen molar-refractivity contribution in [3.05, 3.63) is 0 Å². The highest BCUT2D eigenvalue weighted by Gasteiger charge is 2.28. The van der Waals surface area contributed by atoms with Gasteiger partial charge in [-0.3, -0.25) is 4.79 Å². The summed E-state index contributed by atoms with van der Waals surface area (Å²) in [5, 5.41) is 2.48. The third kappa shape index (κ3) is 13.8. The number of rotatable bonds is 19. The van der Waals surface area contributed by atoms with Gasteiger partial charge in [-0.25, -0.2) is 0 Å². The number of amides is 1. The first-order valence-electron chi connectivity index (χ1n) is 11.4. The molecule has 1 N–H and O–H groups in total. The first-order valence-corrected chi connectivity index (χ1v) is 12.3. The van der Waals surface area contributed by atoms with E-state index in [0.717, 1.165) is 24.1 Å². The monoisotopic (exact) mass is 423 g/mol. The van der Waals surface area contributed by atoms with Gasteiger partial charge in [-0.15, -0.1) is 23.2 Å². The maximum absolute atomic E-state index is 12.2. The molecule has 0 aliphatic carbocycles.